The third-order valence-electron chi connectivity index (χ3n) is 4.78. The number of hydrogen-bond acceptors (Lipinski definition) is 6. The van der Waals surface area contributed by atoms with Crippen LogP contribution in [0.2, 0.25) is 5.02 Å². The van der Waals surface area contributed by atoms with Crippen LogP contribution in [0.5, 0.6) is 5.75 Å². The number of hydrogen-bond donors (Lipinski definition) is 2. The summed E-state index contributed by atoms with van der Waals surface area (Å²) in [5, 5.41) is 11.5. The van der Waals surface area contributed by atoms with Gasteiger partial charge in [0, 0.05) is 17.1 Å². The maximum absolute atomic E-state index is 12.4. The summed E-state index contributed by atoms with van der Waals surface area (Å²) in [5.74, 6) is 1.000. The summed E-state index contributed by atoms with van der Waals surface area (Å²) in [6.07, 6.45) is 0.117. The van der Waals surface area contributed by atoms with E-state index >= 15 is 0 Å². The number of aliphatic hydroxyl groups excluding tert-OH is 1. The second-order valence-electron chi connectivity index (χ2n) is 7.46. The quantitative estimate of drug-likeness (QED) is 0.466. The number of carbonyl (C=O) groups is 1. The molecule has 1 heterocycles. The number of halogens is 1. The molecule has 3 rings (SSSR count). The molecule has 1 aromatic heterocycles. The van der Waals surface area contributed by atoms with Gasteiger partial charge in [0.1, 0.15) is 24.3 Å². The van der Waals surface area contributed by atoms with Crippen LogP contribution in [0, 0.1) is 0 Å². The van der Waals surface area contributed by atoms with E-state index in [-0.39, 0.29) is 17.9 Å². The molecule has 0 amide bonds. The number of Topliss-reactive ketones (excluding diaryl/α,β-unsaturated/α-hetero) is 1. The Balaban J connectivity index is 1.65. The zero-order chi connectivity index (χ0) is 22.4. The van der Waals surface area contributed by atoms with E-state index in [1.807, 2.05) is 11.8 Å². The van der Waals surface area contributed by atoms with E-state index in [4.69, 9.17) is 16.3 Å². The molecule has 2 aromatic carbocycles. The Morgan fingerprint density at radius 1 is 1.29 bits per heavy atom. The predicted octanol–water partition coefficient (Wildman–Crippen LogP) is 3.43. The maximum Gasteiger partial charge on any atom is 0.258 e. The van der Waals surface area contributed by atoms with Crippen LogP contribution in [-0.4, -0.2) is 51.6 Å². The number of nitrogens with zero attached hydrogens (tertiary/aromatic N) is 2. The second kappa shape index (κ2) is 10.5. The Bertz CT molecular complexity index is 1120. The van der Waals surface area contributed by atoms with Gasteiger partial charge >= 0.3 is 0 Å². The average molecular weight is 444 g/mol. The summed E-state index contributed by atoms with van der Waals surface area (Å²) in [6, 6.07) is 11.9. The minimum absolute atomic E-state index is 0.0433. The molecule has 0 saturated carbocycles. The number of rotatable bonds is 10. The highest BCUT2D eigenvalue weighted by Crippen LogP contribution is 2.16. The van der Waals surface area contributed by atoms with Crippen molar-refractivity contribution in [1.29, 1.82) is 0 Å². The summed E-state index contributed by atoms with van der Waals surface area (Å²) in [4.78, 5) is 33.2. The number of aliphatic hydroxyl groups is 1. The van der Waals surface area contributed by atoms with Crippen LogP contribution >= 0.6 is 11.6 Å². The number of fused-ring (bicyclic) bond motifs is 1. The Kier molecular flexibility index (Phi) is 7.79. The standard InChI is InChI=1S/C23H26ClN3O4/c1-3-9-27(12-18(29)14-31-19-6-4-5-16(10-19)15(2)28)13-22-25-21-11-17(24)7-8-20(21)23(30)26-22/h4-8,10-11,18,29H,3,9,12-14H2,1-2H3,(H,25,26,30). The van der Waals surface area contributed by atoms with Gasteiger partial charge in [0.2, 0.25) is 0 Å². The summed E-state index contributed by atoms with van der Waals surface area (Å²) >= 11 is 6.03. The van der Waals surface area contributed by atoms with Crippen molar-refractivity contribution in [1.82, 2.24) is 14.9 Å². The molecule has 2 N–H and O–H groups in total. The summed E-state index contributed by atoms with van der Waals surface area (Å²) < 4.78 is 5.66. The number of carbonyl (C=O) groups excluding carboxylic acids is 1. The lowest BCUT2D eigenvalue weighted by Gasteiger charge is -2.24. The molecular formula is C23H26ClN3O4. The molecule has 0 aliphatic carbocycles. The smallest absolute Gasteiger partial charge is 0.258 e. The normalized spacial score (nSPS) is 12.3. The molecule has 0 aliphatic heterocycles. The topological polar surface area (TPSA) is 95.5 Å². The monoisotopic (exact) mass is 443 g/mol. The highest BCUT2D eigenvalue weighted by molar-refractivity contribution is 6.31. The van der Waals surface area contributed by atoms with Crippen molar-refractivity contribution in [2.75, 3.05) is 19.7 Å². The van der Waals surface area contributed by atoms with Gasteiger partial charge < -0.3 is 14.8 Å². The predicted molar refractivity (Wildman–Crippen MR) is 121 cm³/mol. The molecular weight excluding hydrogens is 418 g/mol. The first-order valence-electron chi connectivity index (χ1n) is 10.2. The highest BCUT2D eigenvalue weighted by Gasteiger charge is 2.15. The van der Waals surface area contributed by atoms with Crippen molar-refractivity contribution in [3.63, 3.8) is 0 Å². The molecule has 0 aliphatic rings. The molecule has 0 saturated heterocycles. The molecule has 164 valence electrons. The van der Waals surface area contributed by atoms with Crippen LogP contribution in [0.4, 0.5) is 0 Å². The molecule has 0 bridgehead atoms. The number of aromatic amines is 1. The van der Waals surface area contributed by atoms with Gasteiger partial charge in [-0.05, 0) is 50.2 Å². The van der Waals surface area contributed by atoms with Crippen LogP contribution < -0.4 is 10.3 Å². The van der Waals surface area contributed by atoms with E-state index in [9.17, 15) is 14.7 Å². The van der Waals surface area contributed by atoms with Gasteiger partial charge in [-0.1, -0.05) is 30.7 Å². The van der Waals surface area contributed by atoms with Crippen molar-refractivity contribution in [3.8, 4) is 5.75 Å². The Morgan fingerprint density at radius 3 is 2.84 bits per heavy atom. The largest absolute Gasteiger partial charge is 0.491 e. The van der Waals surface area contributed by atoms with E-state index < -0.39 is 6.10 Å². The van der Waals surface area contributed by atoms with Gasteiger partial charge in [-0.25, -0.2) is 4.98 Å². The zero-order valence-electron chi connectivity index (χ0n) is 17.6. The van der Waals surface area contributed by atoms with Gasteiger partial charge in [0.25, 0.3) is 5.56 Å². The lowest BCUT2D eigenvalue weighted by atomic mass is 10.1. The molecule has 3 aromatic rings. The molecule has 0 fully saturated rings. The first-order chi connectivity index (χ1) is 14.9. The number of H-pyrrole nitrogens is 1. The lowest BCUT2D eigenvalue weighted by molar-refractivity contribution is 0.0647. The Hall–Kier alpha value is -2.74. The van der Waals surface area contributed by atoms with Crippen molar-refractivity contribution >= 4 is 28.3 Å². The number of aromatic nitrogens is 2. The van der Waals surface area contributed by atoms with E-state index in [1.165, 1.54) is 6.92 Å². The molecule has 8 heteroatoms. The lowest BCUT2D eigenvalue weighted by Crippen LogP contribution is -2.36. The van der Waals surface area contributed by atoms with E-state index in [0.29, 0.717) is 52.7 Å². The Labute approximate surface area is 185 Å². The number of ether oxygens (including phenoxy) is 1. The minimum atomic E-state index is -0.755. The fraction of sp³-hybridized carbons (Fsp3) is 0.348. The zero-order valence-corrected chi connectivity index (χ0v) is 18.4. The van der Waals surface area contributed by atoms with Gasteiger partial charge in [-0.2, -0.15) is 0 Å². The fourth-order valence-electron chi connectivity index (χ4n) is 3.35. The molecule has 7 nitrogen and oxygen atoms in total. The molecule has 0 spiro atoms. The van der Waals surface area contributed by atoms with Crippen LogP contribution in [0.25, 0.3) is 10.9 Å². The van der Waals surface area contributed by atoms with Crippen molar-refractivity contribution in [2.24, 2.45) is 0 Å². The van der Waals surface area contributed by atoms with E-state index in [2.05, 4.69) is 9.97 Å². The van der Waals surface area contributed by atoms with Crippen LogP contribution in [0.3, 0.4) is 0 Å². The van der Waals surface area contributed by atoms with Gasteiger partial charge in [-0.3, -0.25) is 14.5 Å². The molecule has 0 radical (unpaired) electrons. The number of benzene rings is 2. The Morgan fingerprint density at radius 2 is 2.10 bits per heavy atom. The number of ketones is 1. The maximum atomic E-state index is 12.4. The van der Waals surface area contributed by atoms with Gasteiger partial charge in [-0.15, -0.1) is 0 Å². The van der Waals surface area contributed by atoms with Crippen molar-refractivity contribution < 1.29 is 14.6 Å². The van der Waals surface area contributed by atoms with Crippen molar-refractivity contribution in [3.05, 3.63) is 69.2 Å². The van der Waals surface area contributed by atoms with Crippen LogP contribution in [0.15, 0.2) is 47.3 Å². The molecule has 31 heavy (non-hydrogen) atoms. The van der Waals surface area contributed by atoms with Crippen LogP contribution in [0.1, 0.15) is 36.5 Å². The fourth-order valence-corrected chi connectivity index (χ4v) is 3.51. The van der Waals surface area contributed by atoms with Crippen molar-refractivity contribution in [2.45, 2.75) is 32.9 Å². The first-order valence-corrected chi connectivity index (χ1v) is 10.6. The number of nitrogens with one attached hydrogen (secondary N) is 1. The van der Waals surface area contributed by atoms with Gasteiger partial charge in [0.05, 0.1) is 17.4 Å². The summed E-state index contributed by atoms with van der Waals surface area (Å²) in [6.45, 7) is 5.06. The van der Waals surface area contributed by atoms with Crippen LogP contribution in [-0.2, 0) is 6.54 Å². The molecule has 1 atom stereocenters. The van der Waals surface area contributed by atoms with Gasteiger partial charge in [0.15, 0.2) is 5.78 Å². The third kappa shape index (κ3) is 6.37. The van der Waals surface area contributed by atoms with E-state index in [0.717, 1.165) is 6.42 Å². The summed E-state index contributed by atoms with van der Waals surface area (Å²) in [5.41, 5.74) is 0.880. The highest BCUT2D eigenvalue weighted by atomic mass is 35.5. The average Bonchev–Trinajstić information content (AvgIpc) is 2.72. The first kappa shape index (κ1) is 22.9. The second-order valence-corrected chi connectivity index (χ2v) is 7.89. The third-order valence-corrected chi connectivity index (χ3v) is 5.02. The summed E-state index contributed by atoms with van der Waals surface area (Å²) in [7, 11) is 0. The SMILES string of the molecule is CCCN(Cc1nc2cc(Cl)ccc2c(=O)[nH]1)CC(O)COc1cccc(C(C)=O)c1. The minimum Gasteiger partial charge on any atom is -0.491 e. The van der Waals surface area contributed by atoms with E-state index in [1.54, 1.807) is 42.5 Å². The molecule has 1 unspecified atom stereocenters.